The lowest BCUT2D eigenvalue weighted by molar-refractivity contribution is 0.0159. The molecule has 5 nitrogen and oxygen atoms in total. The highest BCUT2D eigenvalue weighted by Gasteiger charge is 2.25. The first kappa shape index (κ1) is 17.2. The van der Waals surface area contributed by atoms with Gasteiger partial charge < -0.3 is 20.5 Å². The van der Waals surface area contributed by atoms with Crippen LogP contribution in [-0.4, -0.2) is 47.4 Å². The standard InChI is InChI=1S/C13H28N2O3/c1-6-11(10(2)16)9-15(8-7-14)12(17)18-13(3,4)5/h10-11,16H,6-9,14H2,1-5H3. The van der Waals surface area contributed by atoms with Crippen molar-refractivity contribution in [1.29, 1.82) is 0 Å². The number of carbonyl (C=O) groups excluding carboxylic acids is 1. The zero-order valence-electron chi connectivity index (χ0n) is 12.3. The Hall–Kier alpha value is -0.810. The van der Waals surface area contributed by atoms with E-state index in [9.17, 15) is 9.90 Å². The molecule has 0 bridgehead atoms. The van der Waals surface area contributed by atoms with Gasteiger partial charge in [-0.3, -0.25) is 0 Å². The second kappa shape index (κ2) is 7.59. The Morgan fingerprint density at radius 3 is 2.33 bits per heavy atom. The first-order valence-corrected chi connectivity index (χ1v) is 6.57. The van der Waals surface area contributed by atoms with Crippen molar-refractivity contribution in [2.45, 2.75) is 52.7 Å². The Bertz CT molecular complexity index is 249. The number of carbonyl (C=O) groups is 1. The third-order valence-electron chi connectivity index (χ3n) is 2.71. The first-order valence-electron chi connectivity index (χ1n) is 6.57. The van der Waals surface area contributed by atoms with Gasteiger partial charge in [0.05, 0.1) is 6.10 Å². The number of aliphatic hydroxyl groups excluding tert-OH is 1. The Kier molecular flexibility index (Phi) is 7.25. The molecule has 0 saturated heterocycles. The van der Waals surface area contributed by atoms with Crippen LogP contribution in [0.15, 0.2) is 0 Å². The lowest BCUT2D eigenvalue weighted by Gasteiger charge is -2.30. The maximum Gasteiger partial charge on any atom is 0.410 e. The van der Waals surface area contributed by atoms with E-state index in [0.29, 0.717) is 19.6 Å². The quantitative estimate of drug-likeness (QED) is 0.760. The highest BCUT2D eigenvalue weighted by molar-refractivity contribution is 5.68. The number of nitrogens with two attached hydrogens (primary N) is 1. The minimum Gasteiger partial charge on any atom is -0.444 e. The van der Waals surface area contributed by atoms with Crippen molar-refractivity contribution in [1.82, 2.24) is 4.90 Å². The summed E-state index contributed by atoms with van der Waals surface area (Å²) in [6.07, 6.45) is -0.00796. The molecule has 0 fully saturated rings. The molecule has 0 saturated carbocycles. The third kappa shape index (κ3) is 6.81. The lowest BCUT2D eigenvalue weighted by atomic mass is 10.0. The average molecular weight is 260 g/mol. The summed E-state index contributed by atoms with van der Waals surface area (Å²) in [5, 5.41) is 9.63. The van der Waals surface area contributed by atoms with Gasteiger partial charge in [0.15, 0.2) is 0 Å². The van der Waals surface area contributed by atoms with Gasteiger partial charge in [0.25, 0.3) is 0 Å². The molecule has 0 aromatic carbocycles. The molecule has 18 heavy (non-hydrogen) atoms. The normalized spacial score (nSPS) is 15.1. The van der Waals surface area contributed by atoms with Crippen molar-refractivity contribution in [2.24, 2.45) is 11.7 Å². The van der Waals surface area contributed by atoms with E-state index in [1.807, 2.05) is 27.7 Å². The van der Waals surface area contributed by atoms with Crippen LogP contribution >= 0.6 is 0 Å². The zero-order valence-corrected chi connectivity index (χ0v) is 12.3. The highest BCUT2D eigenvalue weighted by atomic mass is 16.6. The van der Waals surface area contributed by atoms with Gasteiger partial charge in [-0.15, -0.1) is 0 Å². The lowest BCUT2D eigenvalue weighted by Crippen LogP contribution is -2.43. The number of hydrogen-bond donors (Lipinski definition) is 2. The third-order valence-corrected chi connectivity index (χ3v) is 2.71. The van der Waals surface area contributed by atoms with Gasteiger partial charge in [0.2, 0.25) is 0 Å². The van der Waals surface area contributed by atoms with E-state index in [1.54, 1.807) is 11.8 Å². The SMILES string of the molecule is CCC(CN(CCN)C(=O)OC(C)(C)C)C(C)O. The molecular formula is C13H28N2O3. The fourth-order valence-electron chi connectivity index (χ4n) is 1.65. The fraction of sp³-hybridized carbons (Fsp3) is 0.923. The summed E-state index contributed by atoms with van der Waals surface area (Å²) in [4.78, 5) is 13.6. The van der Waals surface area contributed by atoms with Crippen molar-refractivity contribution in [3.8, 4) is 0 Å². The molecule has 0 heterocycles. The van der Waals surface area contributed by atoms with Crippen LogP contribution in [0.4, 0.5) is 4.79 Å². The number of nitrogens with zero attached hydrogens (tertiary/aromatic N) is 1. The van der Waals surface area contributed by atoms with E-state index in [-0.39, 0.29) is 12.0 Å². The number of amides is 1. The Morgan fingerprint density at radius 1 is 1.44 bits per heavy atom. The van der Waals surface area contributed by atoms with Gasteiger partial charge in [-0.05, 0) is 34.1 Å². The van der Waals surface area contributed by atoms with Crippen molar-refractivity contribution in [2.75, 3.05) is 19.6 Å². The molecule has 0 aliphatic heterocycles. The van der Waals surface area contributed by atoms with Gasteiger partial charge in [0.1, 0.15) is 5.60 Å². The Morgan fingerprint density at radius 2 is 2.00 bits per heavy atom. The number of rotatable bonds is 6. The average Bonchev–Trinajstić information content (AvgIpc) is 2.20. The van der Waals surface area contributed by atoms with Crippen molar-refractivity contribution in [3.63, 3.8) is 0 Å². The molecule has 5 heteroatoms. The molecule has 1 amide bonds. The monoisotopic (exact) mass is 260 g/mol. The maximum absolute atomic E-state index is 12.0. The smallest absolute Gasteiger partial charge is 0.410 e. The summed E-state index contributed by atoms with van der Waals surface area (Å²) in [5.74, 6) is 0.0454. The van der Waals surface area contributed by atoms with E-state index in [1.165, 1.54) is 0 Å². The van der Waals surface area contributed by atoms with Crippen molar-refractivity contribution < 1.29 is 14.6 Å². The molecule has 3 N–H and O–H groups in total. The predicted octanol–water partition coefficient (Wildman–Crippen LogP) is 1.59. The summed E-state index contributed by atoms with van der Waals surface area (Å²) >= 11 is 0. The van der Waals surface area contributed by atoms with Crippen LogP contribution in [0.2, 0.25) is 0 Å². The molecule has 0 aliphatic carbocycles. The molecule has 0 radical (unpaired) electrons. The van der Waals surface area contributed by atoms with Gasteiger partial charge in [-0.2, -0.15) is 0 Å². The second-order valence-electron chi connectivity index (χ2n) is 5.62. The molecule has 0 spiro atoms. The minimum atomic E-state index is -0.517. The molecular weight excluding hydrogens is 232 g/mol. The molecule has 0 rings (SSSR count). The highest BCUT2D eigenvalue weighted by Crippen LogP contribution is 2.14. The van der Waals surface area contributed by atoms with E-state index in [0.717, 1.165) is 6.42 Å². The second-order valence-corrected chi connectivity index (χ2v) is 5.62. The molecule has 2 unspecified atom stereocenters. The summed E-state index contributed by atoms with van der Waals surface area (Å²) in [7, 11) is 0. The molecule has 0 aliphatic rings. The molecule has 0 aromatic heterocycles. The summed E-state index contributed by atoms with van der Waals surface area (Å²) in [6.45, 7) is 10.5. The van der Waals surface area contributed by atoms with E-state index in [2.05, 4.69) is 0 Å². The number of hydrogen-bond acceptors (Lipinski definition) is 4. The maximum atomic E-state index is 12.0. The fourth-order valence-corrected chi connectivity index (χ4v) is 1.65. The van der Waals surface area contributed by atoms with Gasteiger partial charge in [-0.25, -0.2) is 4.79 Å². The minimum absolute atomic E-state index is 0.0454. The summed E-state index contributed by atoms with van der Waals surface area (Å²) in [6, 6.07) is 0. The van der Waals surface area contributed by atoms with Gasteiger partial charge in [-0.1, -0.05) is 6.92 Å². The van der Waals surface area contributed by atoms with Crippen molar-refractivity contribution in [3.05, 3.63) is 0 Å². The summed E-state index contributed by atoms with van der Waals surface area (Å²) in [5.41, 5.74) is 4.99. The first-order chi connectivity index (χ1) is 8.21. The number of aliphatic hydroxyl groups is 1. The molecule has 108 valence electrons. The molecule has 2 atom stereocenters. The largest absolute Gasteiger partial charge is 0.444 e. The summed E-state index contributed by atoms with van der Waals surface area (Å²) < 4.78 is 5.33. The topological polar surface area (TPSA) is 75.8 Å². The Balaban J connectivity index is 4.59. The predicted molar refractivity (Wildman–Crippen MR) is 72.3 cm³/mol. The van der Waals surface area contributed by atoms with Crippen LogP contribution in [0.1, 0.15) is 41.0 Å². The van der Waals surface area contributed by atoms with Crippen LogP contribution in [0.3, 0.4) is 0 Å². The van der Waals surface area contributed by atoms with Crippen molar-refractivity contribution >= 4 is 6.09 Å². The van der Waals surface area contributed by atoms with Crippen LogP contribution in [0, 0.1) is 5.92 Å². The van der Waals surface area contributed by atoms with Crippen LogP contribution in [0.25, 0.3) is 0 Å². The van der Waals surface area contributed by atoms with Crippen LogP contribution in [-0.2, 0) is 4.74 Å². The van der Waals surface area contributed by atoms with Gasteiger partial charge >= 0.3 is 6.09 Å². The van der Waals surface area contributed by atoms with E-state index in [4.69, 9.17) is 10.5 Å². The van der Waals surface area contributed by atoms with E-state index < -0.39 is 11.7 Å². The zero-order chi connectivity index (χ0) is 14.3. The van der Waals surface area contributed by atoms with E-state index >= 15 is 0 Å². The Labute approximate surface area is 110 Å². The van der Waals surface area contributed by atoms with Gasteiger partial charge in [0, 0.05) is 25.6 Å². The number of ether oxygens (including phenoxy) is 1. The van der Waals surface area contributed by atoms with Crippen LogP contribution in [0.5, 0.6) is 0 Å². The molecule has 0 aromatic rings. The van der Waals surface area contributed by atoms with Crippen LogP contribution < -0.4 is 5.73 Å².